The van der Waals surface area contributed by atoms with Crippen molar-refractivity contribution >= 4 is 30.7 Å². The van der Waals surface area contributed by atoms with Gasteiger partial charge in [-0.3, -0.25) is 9.78 Å². The predicted molar refractivity (Wildman–Crippen MR) is 76.4 cm³/mol. The molecule has 3 N–H and O–H groups in total. The van der Waals surface area contributed by atoms with E-state index < -0.39 is 11.7 Å². The van der Waals surface area contributed by atoms with E-state index in [-0.39, 0.29) is 35.9 Å². The summed E-state index contributed by atoms with van der Waals surface area (Å²) >= 11 is 0. The number of pyridine rings is 1. The molecule has 0 bridgehead atoms. The maximum absolute atomic E-state index is 13.4. The molecule has 1 fully saturated rings. The van der Waals surface area contributed by atoms with E-state index in [0.717, 1.165) is 31.9 Å². The molecule has 1 aliphatic rings. The van der Waals surface area contributed by atoms with Crippen LogP contribution in [0.5, 0.6) is 0 Å². The zero-order chi connectivity index (χ0) is 12.3. The number of nitrogens with zero attached hydrogens (tertiary/aromatic N) is 1. The van der Waals surface area contributed by atoms with Crippen LogP contribution in [0.4, 0.5) is 4.39 Å². The van der Waals surface area contributed by atoms with Gasteiger partial charge in [-0.25, -0.2) is 4.39 Å². The summed E-state index contributed by atoms with van der Waals surface area (Å²) in [6.45, 7) is 0.394. The lowest BCUT2D eigenvalue weighted by molar-refractivity contribution is 0.0899. The fraction of sp³-hybridized carbons (Fsp3) is 0.500. The van der Waals surface area contributed by atoms with E-state index in [2.05, 4.69) is 10.3 Å². The summed E-state index contributed by atoms with van der Waals surface area (Å²) in [7, 11) is 0. The van der Waals surface area contributed by atoms with Gasteiger partial charge in [0, 0.05) is 12.7 Å². The van der Waals surface area contributed by atoms with Crippen molar-refractivity contribution in [3.8, 4) is 0 Å². The predicted octanol–water partition coefficient (Wildman–Crippen LogP) is 2.07. The minimum Gasteiger partial charge on any atom is -0.345 e. The SMILES string of the molecule is Cl.Cl.NCC1(NC(=O)c2ccncc2F)CCCC1. The van der Waals surface area contributed by atoms with Crippen molar-refractivity contribution in [1.29, 1.82) is 0 Å². The molecule has 1 aliphatic carbocycles. The van der Waals surface area contributed by atoms with E-state index >= 15 is 0 Å². The van der Waals surface area contributed by atoms with Crippen molar-refractivity contribution in [3.63, 3.8) is 0 Å². The Hall–Kier alpha value is -0.910. The molecule has 0 spiro atoms. The molecule has 0 saturated heterocycles. The first kappa shape index (κ1) is 18.1. The molecule has 19 heavy (non-hydrogen) atoms. The number of hydrogen-bond acceptors (Lipinski definition) is 3. The highest BCUT2D eigenvalue weighted by molar-refractivity contribution is 5.94. The Morgan fingerprint density at radius 2 is 2.05 bits per heavy atom. The van der Waals surface area contributed by atoms with E-state index in [4.69, 9.17) is 5.73 Å². The van der Waals surface area contributed by atoms with E-state index in [1.807, 2.05) is 0 Å². The van der Waals surface area contributed by atoms with Gasteiger partial charge >= 0.3 is 0 Å². The third kappa shape index (κ3) is 4.03. The molecule has 2 rings (SSSR count). The first-order valence-electron chi connectivity index (χ1n) is 5.79. The summed E-state index contributed by atoms with van der Waals surface area (Å²) in [5, 5.41) is 2.87. The van der Waals surface area contributed by atoms with Crippen LogP contribution in [0.3, 0.4) is 0 Å². The summed E-state index contributed by atoms with van der Waals surface area (Å²) in [6, 6.07) is 1.38. The van der Waals surface area contributed by atoms with Crippen molar-refractivity contribution in [2.45, 2.75) is 31.2 Å². The molecule has 0 radical (unpaired) electrons. The monoisotopic (exact) mass is 309 g/mol. The standard InChI is InChI=1S/C12H16FN3O.2ClH/c13-10-7-15-6-3-9(10)11(17)16-12(8-14)4-1-2-5-12;;/h3,6-7H,1-2,4-5,8,14H2,(H,16,17);2*1H. The van der Waals surface area contributed by atoms with Crippen LogP contribution in [-0.2, 0) is 0 Å². The zero-order valence-corrected chi connectivity index (χ0v) is 12.0. The molecular formula is C12H18Cl2FN3O. The fourth-order valence-electron chi connectivity index (χ4n) is 2.30. The fourth-order valence-corrected chi connectivity index (χ4v) is 2.30. The number of aromatic nitrogens is 1. The minimum absolute atomic E-state index is 0. The normalized spacial score (nSPS) is 16.1. The number of nitrogens with two attached hydrogens (primary N) is 1. The maximum atomic E-state index is 13.4. The summed E-state index contributed by atoms with van der Waals surface area (Å²) in [6.07, 6.45) is 6.27. The van der Waals surface area contributed by atoms with Crippen LogP contribution in [0.15, 0.2) is 18.5 Å². The Labute approximate surface area is 124 Å². The van der Waals surface area contributed by atoms with E-state index in [1.54, 1.807) is 0 Å². The van der Waals surface area contributed by atoms with Gasteiger partial charge in [0.2, 0.25) is 0 Å². The molecule has 4 nitrogen and oxygen atoms in total. The second-order valence-corrected chi connectivity index (χ2v) is 4.50. The number of hydrogen-bond donors (Lipinski definition) is 2. The van der Waals surface area contributed by atoms with Gasteiger partial charge in [-0.2, -0.15) is 0 Å². The van der Waals surface area contributed by atoms with E-state index in [9.17, 15) is 9.18 Å². The van der Waals surface area contributed by atoms with E-state index in [1.165, 1.54) is 12.3 Å². The highest BCUT2D eigenvalue weighted by Crippen LogP contribution is 2.29. The molecular weight excluding hydrogens is 292 g/mol. The number of halogens is 3. The Morgan fingerprint density at radius 3 is 2.58 bits per heavy atom. The lowest BCUT2D eigenvalue weighted by Crippen LogP contribution is -2.51. The molecule has 0 unspecified atom stereocenters. The van der Waals surface area contributed by atoms with Crippen molar-refractivity contribution in [2.75, 3.05) is 6.54 Å². The lowest BCUT2D eigenvalue weighted by Gasteiger charge is -2.28. The molecule has 1 amide bonds. The highest BCUT2D eigenvalue weighted by Gasteiger charge is 2.34. The smallest absolute Gasteiger partial charge is 0.254 e. The molecule has 1 aromatic heterocycles. The van der Waals surface area contributed by atoms with Gasteiger partial charge in [0.15, 0.2) is 5.82 Å². The van der Waals surface area contributed by atoms with Gasteiger partial charge in [0.05, 0.1) is 17.3 Å². The van der Waals surface area contributed by atoms with Gasteiger partial charge in [-0.15, -0.1) is 24.8 Å². The van der Waals surface area contributed by atoms with Crippen LogP contribution in [-0.4, -0.2) is 23.0 Å². The van der Waals surface area contributed by atoms with E-state index in [0.29, 0.717) is 6.54 Å². The van der Waals surface area contributed by atoms with Crippen LogP contribution in [0.1, 0.15) is 36.0 Å². The molecule has 108 valence electrons. The maximum Gasteiger partial charge on any atom is 0.254 e. The number of carbonyl (C=O) groups is 1. The summed E-state index contributed by atoms with van der Waals surface area (Å²) in [5.74, 6) is -1.01. The highest BCUT2D eigenvalue weighted by atomic mass is 35.5. The van der Waals surface area contributed by atoms with Crippen LogP contribution in [0, 0.1) is 5.82 Å². The average molecular weight is 310 g/mol. The Bertz CT molecular complexity index is 425. The number of nitrogens with one attached hydrogen (secondary N) is 1. The molecule has 1 heterocycles. The Morgan fingerprint density at radius 1 is 1.42 bits per heavy atom. The zero-order valence-electron chi connectivity index (χ0n) is 10.4. The molecule has 7 heteroatoms. The summed E-state index contributed by atoms with van der Waals surface area (Å²) in [4.78, 5) is 15.6. The van der Waals surface area contributed by atoms with Crippen molar-refractivity contribution in [1.82, 2.24) is 10.3 Å². The first-order chi connectivity index (χ1) is 8.17. The van der Waals surface area contributed by atoms with Gasteiger partial charge in [0.1, 0.15) is 0 Å². The second kappa shape index (κ2) is 7.62. The number of carbonyl (C=O) groups excluding carboxylic acids is 1. The first-order valence-corrected chi connectivity index (χ1v) is 5.79. The second-order valence-electron chi connectivity index (χ2n) is 4.50. The largest absolute Gasteiger partial charge is 0.345 e. The third-order valence-corrected chi connectivity index (χ3v) is 3.35. The average Bonchev–Trinajstić information content (AvgIpc) is 2.79. The third-order valence-electron chi connectivity index (χ3n) is 3.35. The molecule has 0 atom stereocenters. The minimum atomic E-state index is -0.602. The Balaban J connectivity index is 0.00000162. The van der Waals surface area contributed by atoms with Crippen LogP contribution < -0.4 is 11.1 Å². The van der Waals surface area contributed by atoms with Gasteiger partial charge in [-0.1, -0.05) is 12.8 Å². The van der Waals surface area contributed by atoms with Gasteiger partial charge < -0.3 is 11.1 Å². The van der Waals surface area contributed by atoms with Gasteiger partial charge in [0.25, 0.3) is 5.91 Å². The summed E-state index contributed by atoms with van der Waals surface area (Å²) in [5.41, 5.74) is 5.39. The lowest BCUT2D eigenvalue weighted by atomic mass is 9.97. The van der Waals surface area contributed by atoms with Crippen LogP contribution in [0.2, 0.25) is 0 Å². The van der Waals surface area contributed by atoms with Crippen molar-refractivity contribution in [2.24, 2.45) is 5.73 Å². The quantitative estimate of drug-likeness (QED) is 0.898. The topological polar surface area (TPSA) is 68.0 Å². The van der Waals surface area contributed by atoms with Crippen LogP contribution >= 0.6 is 24.8 Å². The molecule has 0 aromatic carbocycles. The number of amides is 1. The molecule has 1 aromatic rings. The summed E-state index contributed by atoms with van der Waals surface area (Å²) < 4.78 is 13.4. The number of rotatable bonds is 3. The van der Waals surface area contributed by atoms with Crippen molar-refractivity contribution < 1.29 is 9.18 Å². The molecule has 0 aliphatic heterocycles. The molecule has 1 saturated carbocycles. The van der Waals surface area contributed by atoms with Crippen LogP contribution in [0.25, 0.3) is 0 Å². The Kier molecular flexibility index (Phi) is 7.26. The van der Waals surface area contributed by atoms with Gasteiger partial charge in [-0.05, 0) is 18.9 Å². The van der Waals surface area contributed by atoms with Crippen molar-refractivity contribution in [3.05, 3.63) is 29.8 Å².